The first-order valence-electron chi connectivity index (χ1n) is 8.62. The quantitative estimate of drug-likeness (QED) is 0.821. The van der Waals surface area contributed by atoms with Gasteiger partial charge in [-0.25, -0.2) is 9.29 Å². The number of halogens is 1. The van der Waals surface area contributed by atoms with Gasteiger partial charge in [0.25, 0.3) is 11.8 Å². The number of rotatable bonds is 4. The Hall–Kier alpha value is -3.62. The standard InChI is InChI=1S/C19H16FN5O3/c1-11-6-8-12(9-7-11)25-18(27)16-17(19(25)28)24(23-22-16)10-15(26)21-14-5-3-2-4-13(14)20/h2-9,16-17H,10H2,1H3,(H,21,26)/t16-,17-/m0/s1. The smallest absolute Gasteiger partial charge is 0.263 e. The van der Waals surface area contributed by atoms with Crippen molar-refractivity contribution in [3.63, 3.8) is 0 Å². The van der Waals surface area contributed by atoms with Crippen LogP contribution in [0.1, 0.15) is 5.56 Å². The molecule has 0 aliphatic carbocycles. The Balaban J connectivity index is 1.49. The number of carbonyl (C=O) groups excluding carboxylic acids is 3. The Morgan fingerprint density at radius 1 is 1.11 bits per heavy atom. The lowest BCUT2D eigenvalue weighted by Gasteiger charge is -2.20. The fraction of sp³-hybridized carbons (Fsp3) is 0.211. The maximum absolute atomic E-state index is 13.7. The van der Waals surface area contributed by atoms with Gasteiger partial charge in [0.15, 0.2) is 12.1 Å². The summed E-state index contributed by atoms with van der Waals surface area (Å²) in [6.45, 7) is 1.57. The first kappa shape index (κ1) is 17.8. The lowest BCUT2D eigenvalue weighted by molar-refractivity contribution is -0.123. The maximum Gasteiger partial charge on any atom is 0.263 e. The summed E-state index contributed by atoms with van der Waals surface area (Å²) in [5, 5.41) is 11.3. The Kier molecular flexibility index (Phi) is 4.34. The highest BCUT2D eigenvalue weighted by atomic mass is 19.1. The van der Waals surface area contributed by atoms with Crippen molar-refractivity contribution in [2.75, 3.05) is 16.8 Å². The van der Waals surface area contributed by atoms with Crippen molar-refractivity contribution in [1.29, 1.82) is 0 Å². The summed E-state index contributed by atoms with van der Waals surface area (Å²) in [7, 11) is 0. The zero-order valence-electron chi connectivity index (χ0n) is 14.9. The normalized spacial score (nSPS) is 20.6. The number of benzene rings is 2. The molecule has 3 amide bonds. The van der Waals surface area contributed by atoms with Crippen LogP contribution in [-0.2, 0) is 14.4 Å². The summed E-state index contributed by atoms with van der Waals surface area (Å²) in [5.74, 6) is -2.13. The molecule has 2 aliphatic rings. The first-order valence-corrected chi connectivity index (χ1v) is 8.62. The van der Waals surface area contributed by atoms with E-state index in [0.29, 0.717) is 5.69 Å². The van der Waals surface area contributed by atoms with Gasteiger partial charge in [-0.3, -0.25) is 19.4 Å². The van der Waals surface area contributed by atoms with Crippen molar-refractivity contribution in [3.05, 3.63) is 59.9 Å². The number of imide groups is 1. The number of carbonyl (C=O) groups is 3. The van der Waals surface area contributed by atoms with E-state index in [-0.39, 0.29) is 12.2 Å². The van der Waals surface area contributed by atoms with E-state index in [4.69, 9.17) is 0 Å². The van der Waals surface area contributed by atoms with Gasteiger partial charge in [-0.2, -0.15) is 5.11 Å². The number of nitrogens with zero attached hydrogens (tertiary/aromatic N) is 4. The summed E-state index contributed by atoms with van der Waals surface area (Å²) in [6, 6.07) is 10.7. The summed E-state index contributed by atoms with van der Waals surface area (Å²) in [6.07, 6.45) is 0. The number of nitrogens with one attached hydrogen (secondary N) is 1. The molecule has 4 rings (SSSR count). The topological polar surface area (TPSA) is 94.4 Å². The van der Waals surface area contributed by atoms with E-state index in [1.807, 2.05) is 6.92 Å². The van der Waals surface area contributed by atoms with Crippen LogP contribution in [0, 0.1) is 12.7 Å². The zero-order valence-corrected chi connectivity index (χ0v) is 14.9. The molecule has 1 N–H and O–H groups in total. The van der Waals surface area contributed by atoms with Gasteiger partial charge >= 0.3 is 0 Å². The molecule has 0 radical (unpaired) electrons. The molecule has 2 aliphatic heterocycles. The molecule has 9 heteroatoms. The molecule has 2 atom stereocenters. The number of aryl methyl sites for hydroxylation is 1. The molecule has 0 saturated carbocycles. The summed E-state index contributed by atoms with van der Waals surface area (Å²) in [5.41, 5.74) is 1.46. The second kappa shape index (κ2) is 6.84. The Bertz CT molecular complexity index is 991. The predicted octanol–water partition coefficient (Wildman–Crippen LogP) is 2.07. The molecule has 1 saturated heterocycles. The molecule has 0 spiro atoms. The van der Waals surface area contributed by atoms with Crippen LogP contribution >= 0.6 is 0 Å². The molecule has 8 nitrogen and oxygen atoms in total. The van der Waals surface area contributed by atoms with E-state index in [1.165, 1.54) is 18.2 Å². The Labute approximate surface area is 159 Å². The molecule has 2 heterocycles. The molecule has 0 bridgehead atoms. The molecular formula is C19H16FN5O3. The second-order valence-corrected chi connectivity index (χ2v) is 6.57. The minimum absolute atomic E-state index is 0.0234. The highest BCUT2D eigenvalue weighted by molar-refractivity contribution is 6.25. The van der Waals surface area contributed by atoms with Gasteiger partial charge in [0.1, 0.15) is 12.4 Å². The third-order valence-corrected chi connectivity index (χ3v) is 4.60. The van der Waals surface area contributed by atoms with Crippen LogP contribution in [0.5, 0.6) is 0 Å². The number of fused-ring (bicyclic) bond motifs is 1. The van der Waals surface area contributed by atoms with E-state index in [2.05, 4.69) is 15.7 Å². The SMILES string of the molecule is Cc1ccc(N2C(=O)[C@H]3N=NN(CC(=O)Nc4ccccc4F)[C@@H]3C2=O)cc1. The maximum atomic E-state index is 13.7. The third kappa shape index (κ3) is 3.00. The molecule has 1 fully saturated rings. The van der Waals surface area contributed by atoms with Crippen molar-refractivity contribution >= 4 is 29.1 Å². The number of para-hydroxylation sites is 1. The highest BCUT2D eigenvalue weighted by Gasteiger charge is 2.55. The molecule has 28 heavy (non-hydrogen) atoms. The fourth-order valence-electron chi connectivity index (χ4n) is 3.20. The van der Waals surface area contributed by atoms with Crippen molar-refractivity contribution < 1.29 is 18.8 Å². The van der Waals surface area contributed by atoms with Crippen LogP contribution in [0.15, 0.2) is 58.9 Å². The monoisotopic (exact) mass is 381 g/mol. The molecule has 0 unspecified atom stereocenters. The largest absolute Gasteiger partial charge is 0.322 e. The van der Waals surface area contributed by atoms with Crippen molar-refractivity contribution in [2.45, 2.75) is 19.0 Å². The van der Waals surface area contributed by atoms with Crippen LogP contribution < -0.4 is 10.2 Å². The van der Waals surface area contributed by atoms with E-state index in [0.717, 1.165) is 15.5 Å². The van der Waals surface area contributed by atoms with Crippen molar-refractivity contribution in [2.24, 2.45) is 10.3 Å². The third-order valence-electron chi connectivity index (χ3n) is 4.60. The minimum Gasteiger partial charge on any atom is -0.322 e. The van der Waals surface area contributed by atoms with E-state index >= 15 is 0 Å². The van der Waals surface area contributed by atoms with Gasteiger partial charge in [-0.1, -0.05) is 35.1 Å². The lowest BCUT2D eigenvalue weighted by Crippen LogP contribution is -2.43. The van der Waals surface area contributed by atoms with Gasteiger partial charge in [-0.05, 0) is 31.2 Å². The predicted molar refractivity (Wildman–Crippen MR) is 97.8 cm³/mol. The number of hydrogen-bond acceptors (Lipinski definition) is 6. The number of hydrogen-bond donors (Lipinski definition) is 1. The fourth-order valence-corrected chi connectivity index (χ4v) is 3.20. The van der Waals surface area contributed by atoms with Gasteiger partial charge in [0.2, 0.25) is 5.91 Å². The van der Waals surface area contributed by atoms with Crippen LogP contribution in [0.4, 0.5) is 15.8 Å². The van der Waals surface area contributed by atoms with E-state index in [9.17, 15) is 18.8 Å². The van der Waals surface area contributed by atoms with Gasteiger partial charge in [0.05, 0.1) is 11.4 Å². The first-order chi connectivity index (χ1) is 13.5. The lowest BCUT2D eigenvalue weighted by atomic mass is 10.1. The molecule has 2 aromatic carbocycles. The average molecular weight is 381 g/mol. The molecular weight excluding hydrogens is 365 g/mol. The molecule has 0 aromatic heterocycles. The number of anilines is 2. The Morgan fingerprint density at radius 3 is 2.54 bits per heavy atom. The summed E-state index contributed by atoms with van der Waals surface area (Å²) in [4.78, 5) is 38.8. The minimum atomic E-state index is -0.991. The van der Waals surface area contributed by atoms with Crippen LogP contribution in [0.3, 0.4) is 0 Å². The van der Waals surface area contributed by atoms with Crippen LogP contribution in [0.25, 0.3) is 0 Å². The van der Waals surface area contributed by atoms with E-state index in [1.54, 1.807) is 30.3 Å². The zero-order chi connectivity index (χ0) is 19.8. The average Bonchev–Trinajstić information content (AvgIpc) is 3.18. The summed E-state index contributed by atoms with van der Waals surface area (Å²) >= 11 is 0. The van der Waals surface area contributed by atoms with Crippen LogP contribution in [0.2, 0.25) is 0 Å². The second-order valence-electron chi connectivity index (χ2n) is 6.57. The van der Waals surface area contributed by atoms with Gasteiger partial charge < -0.3 is 5.32 Å². The van der Waals surface area contributed by atoms with Crippen molar-refractivity contribution in [3.8, 4) is 0 Å². The number of amides is 3. The van der Waals surface area contributed by atoms with Crippen LogP contribution in [-0.4, -0.2) is 41.4 Å². The van der Waals surface area contributed by atoms with Gasteiger partial charge in [-0.15, -0.1) is 0 Å². The molecule has 2 aromatic rings. The summed E-state index contributed by atoms with van der Waals surface area (Å²) < 4.78 is 13.7. The Morgan fingerprint density at radius 2 is 1.82 bits per heavy atom. The van der Waals surface area contributed by atoms with E-state index < -0.39 is 35.6 Å². The molecule has 142 valence electrons. The van der Waals surface area contributed by atoms with Gasteiger partial charge in [0, 0.05) is 0 Å². The highest BCUT2D eigenvalue weighted by Crippen LogP contribution is 2.31. The van der Waals surface area contributed by atoms with Crippen molar-refractivity contribution in [1.82, 2.24) is 5.01 Å².